The number of halogens is 3. The molecule has 1 unspecified atom stereocenters. The first-order valence-electron chi connectivity index (χ1n) is 10.8. The normalized spacial score (nSPS) is 19.5. The Hall–Kier alpha value is -3.55. The Morgan fingerprint density at radius 1 is 1.18 bits per heavy atom. The largest absolute Gasteiger partial charge is 0.418 e. The minimum atomic E-state index is -4.49. The van der Waals surface area contributed by atoms with E-state index in [1.165, 1.54) is 23.6 Å². The van der Waals surface area contributed by atoms with Crippen LogP contribution < -0.4 is 4.90 Å². The van der Waals surface area contributed by atoms with Gasteiger partial charge < -0.3 is 14.4 Å². The van der Waals surface area contributed by atoms with E-state index in [4.69, 9.17) is 0 Å². The molecule has 5 nitrogen and oxygen atoms in total. The number of allylic oxidation sites excluding steroid dienone is 4. The van der Waals surface area contributed by atoms with Crippen LogP contribution in [0.25, 0.3) is 0 Å². The van der Waals surface area contributed by atoms with Crippen LogP contribution in [0.5, 0.6) is 0 Å². The highest BCUT2D eigenvalue weighted by atomic mass is 19.4. The lowest BCUT2D eigenvalue weighted by molar-refractivity contribution is -0.0908. The SMILES string of the molecule is C=CC1=CN2C(=C)N(c3cccc(C(c4nncn4C)C4CCC4)c3)C=C2C(C(F)(F)F)=C1. The highest BCUT2D eigenvalue weighted by molar-refractivity contribution is 5.64. The Morgan fingerprint density at radius 2 is 1.97 bits per heavy atom. The summed E-state index contributed by atoms with van der Waals surface area (Å²) in [5.41, 5.74) is 1.53. The van der Waals surface area contributed by atoms with Crippen molar-refractivity contribution in [2.24, 2.45) is 13.0 Å². The highest BCUT2D eigenvalue weighted by Crippen LogP contribution is 2.46. The molecule has 2 aromatic rings. The first-order valence-corrected chi connectivity index (χ1v) is 10.8. The van der Waals surface area contributed by atoms with E-state index < -0.39 is 11.7 Å². The van der Waals surface area contributed by atoms with Crippen molar-refractivity contribution in [1.29, 1.82) is 0 Å². The number of fused-ring (bicyclic) bond motifs is 1. The lowest BCUT2D eigenvalue weighted by atomic mass is 9.72. The van der Waals surface area contributed by atoms with Crippen molar-refractivity contribution in [3.63, 3.8) is 0 Å². The van der Waals surface area contributed by atoms with E-state index in [-0.39, 0.29) is 11.6 Å². The summed E-state index contributed by atoms with van der Waals surface area (Å²) in [5, 5.41) is 8.42. The molecule has 1 aliphatic carbocycles. The topological polar surface area (TPSA) is 37.2 Å². The van der Waals surface area contributed by atoms with Gasteiger partial charge in [-0.25, -0.2) is 0 Å². The van der Waals surface area contributed by atoms with E-state index in [1.807, 2.05) is 29.8 Å². The molecule has 0 N–H and O–H groups in total. The maximum Gasteiger partial charge on any atom is 0.418 e. The summed E-state index contributed by atoms with van der Waals surface area (Å²) in [7, 11) is 1.93. The molecule has 3 heterocycles. The lowest BCUT2D eigenvalue weighted by Crippen LogP contribution is -2.26. The molecule has 1 aromatic carbocycles. The molecular weight excluding hydrogens is 427 g/mol. The van der Waals surface area contributed by atoms with Crippen LogP contribution in [0.2, 0.25) is 0 Å². The fraction of sp³-hybridized carbons (Fsp3) is 0.280. The van der Waals surface area contributed by atoms with Gasteiger partial charge in [-0.3, -0.25) is 0 Å². The Balaban J connectivity index is 1.54. The van der Waals surface area contributed by atoms with Crippen LogP contribution in [0.1, 0.15) is 36.6 Å². The third-order valence-corrected chi connectivity index (χ3v) is 6.63. The first-order chi connectivity index (χ1) is 15.8. The second-order valence-corrected chi connectivity index (χ2v) is 8.62. The molecule has 1 aromatic heterocycles. The molecule has 0 amide bonds. The number of anilines is 1. The maximum absolute atomic E-state index is 13.8. The monoisotopic (exact) mass is 451 g/mol. The summed E-state index contributed by atoms with van der Waals surface area (Å²) in [4.78, 5) is 3.17. The number of nitrogens with zero attached hydrogens (tertiary/aromatic N) is 5. The number of rotatable bonds is 5. The van der Waals surface area contributed by atoms with Crippen LogP contribution >= 0.6 is 0 Å². The molecular formula is C25H24F3N5. The molecule has 2 aliphatic heterocycles. The molecule has 1 saturated carbocycles. The average Bonchev–Trinajstić information content (AvgIpc) is 3.32. The van der Waals surface area contributed by atoms with Gasteiger partial charge in [-0.2, -0.15) is 13.2 Å². The maximum atomic E-state index is 13.8. The summed E-state index contributed by atoms with van der Waals surface area (Å²) in [6, 6.07) is 7.89. The van der Waals surface area contributed by atoms with Gasteiger partial charge in [0.25, 0.3) is 0 Å². The number of hydrogen-bond donors (Lipinski definition) is 0. The number of aromatic nitrogens is 3. The smallest absolute Gasteiger partial charge is 0.320 e. The van der Waals surface area contributed by atoms with Gasteiger partial charge >= 0.3 is 6.18 Å². The second kappa shape index (κ2) is 7.79. The number of hydrogen-bond acceptors (Lipinski definition) is 4. The van der Waals surface area contributed by atoms with Crippen molar-refractivity contribution in [1.82, 2.24) is 19.7 Å². The minimum absolute atomic E-state index is 0.0485. The molecule has 0 radical (unpaired) electrons. The summed E-state index contributed by atoms with van der Waals surface area (Å²) in [6.45, 7) is 7.71. The molecule has 33 heavy (non-hydrogen) atoms. The number of alkyl halides is 3. The average molecular weight is 451 g/mol. The molecule has 1 atom stereocenters. The third kappa shape index (κ3) is 3.59. The van der Waals surface area contributed by atoms with E-state index in [9.17, 15) is 13.2 Å². The first kappa shape index (κ1) is 21.3. The Morgan fingerprint density at radius 3 is 2.58 bits per heavy atom. The van der Waals surface area contributed by atoms with Crippen molar-refractivity contribution in [2.75, 3.05) is 4.90 Å². The van der Waals surface area contributed by atoms with E-state index in [1.54, 1.807) is 17.4 Å². The molecule has 3 aliphatic rings. The zero-order valence-electron chi connectivity index (χ0n) is 18.3. The van der Waals surface area contributed by atoms with Crippen LogP contribution in [0, 0.1) is 5.92 Å². The summed E-state index contributed by atoms with van der Waals surface area (Å²) < 4.78 is 43.3. The van der Waals surface area contributed by atoms with Crippen molar-refractivity contribution in [3.8, 4) is 0 Å². The molecule has 1 fully saturated rings. The quantitative estimate of drug-likeness (QED) is 0.580. The Kier molecular flexibility index (Phi) is 5.03. The molecule has 0 saturated heterocycles. The van der Waals surface area contributed by atoms with Gasteiger partial charge in [0, 0.05) is 31.1 Å². The van der Waals surface area contributed by atoms with Crippen molar-refractivity contribution in [3.05, 3.63) is 102 Å². The Labute approximate surface area is 190 Å². The fourth-order valence-corrected chi connectivity index (χ4v) is 4.69. The van der Waals surface area contributed by atoms with Crippen LogP contribution in [0.15, 0.2) is 91.0 Å². The van der Waals surface area contributed by atoms with Gasteiger partial charge in [-0.1, -0.05) is 37.8 Å². The number of aryl methyl sites for hydroxylation is 1. The van der Waals surface area contributed by atoms with Gasteiger partial charge in [-0.15, -0.1) is 10.2 Å². The van der Waals surface area contributed by atoms with E-state index in [2.05, 4.69) is 29.4 Å². The zero-order chi connectivity index (χ0) is 23.3. The van der Waals surface area contributed by atoms with Crippen LogP contribution in [-0.2, 0) is 7.05 Å². The van der Waals surface area contributed by atoms with E-state index in [0.29, 0.717) is 17.3 Å². The predicted molar refractivity (Wildman–Crippen MR) is 121 cm³/mol. The highest BCUT2D eigenvalue weighted by Gasteiger charge is 2.43. The minimum Gasteiger partial charge on any atom is -0.320 e. The molecule has 0 spiro atoms. The summed E-state index contributed by atoms with van der Waals surface area (Å²) in [6.07, 6.45) is 6.26. The van der Waals surface area contributed by atoms with Crippen molar-refractivity contribution < 1.29 is 13.2 Å². The van der Waals surface area contributed by atoms with Gasteiger partial charge in [0.1, 0.15) is 18.0 Å². The third-order valence-electron chi connectivity index (χ3n) is 6.63. The van der Waals surface area contributed by atoms with Crippen LogP contribution in [0.3, 0.4) is 0 Å². The second-order valence-electron chi connectivity index (χ2n) is 8.62. The number of benzene rings is 1. The van der Waals surface area contributed by atoms with Crippen LogP contribution in [-0.4, -0.2) is 25.8 Å². The van der Waals surface area contributed by atoms with Crippen molar-refractivity contribution >= 4 is 5.69 Å². The van der Waals surface area contributed by atoms with Crippen molar-refractivity contribution in [2.45, 2.75) is 31.4 Å². The fourth-order valence-electron chi connectivity index (χ4n) is 4.69. The molecule has 5 rings (SSSR count). The van der Waals surface area contributed by atoms with Gasteiger partial charge in [0.2, 0.25) is 0 Å². The standard InChI is InChI=1S/C25H24F3N5/c1-4-17-11-21(25(26,27)28)22-14-32(16(2)33(22)13-17)20-10-6-9-19(12-20)23(18-7-5-8-18)24-30-29-15-31(24)3/h4,6,9-15,18,23H,1-2,5,7-8H2,3H3. The molecule has 8 heteroatoms. The van der Waals surface area contributed by atoms with E-state index in [0.717, 1.165) is 36.0 Å². The van der Waals surface area contributed by atoms with Gasteiger partial charge in [-0.05, 0) is 48.1 Å². The predicted octanol–water partition coefficient (Wildman–Crippen LogP) is 5.75. The van der Waals surface area contributed by atoms with Crippen LogP contribution in [0.4, 0.5) is 18.9 Å². The van der Waals surface area contributed by atoms with E-state index >= 15 is 0 Å². The summed E-state index contributed by atoms with van der Waals surface area (Å²) >= 11 is 0. The lowest BCUT2D eigenvalue weighted by Gasteiger charge is -2.34. The van der Waals surface area contributed by atoms with Gasteiger partial charge in [0.15, 0.2) is 0 Å². The zero-order valence-corrected chi connectivity index (χ0v) is 18.3. The molecule has 0 bridgehead atoms. The Bertz CT molecular complexity index is 1210. The molecule has 170 valence electrons. The summed E-state index contributed by atoms with van der Waals surface area (Å²) in [5.74, 6) is 1.87. The van der Waals surface area contributed by atoms with Gasteiger partial charge in [0.05, 0.1) is 11.3 Å².